The van der Waals surface area contributed by atoms with Crippen LogP contribution in [0.1, 0.15) is 45.9 Å². The molecule has 5 rings (SSSR count). The second kappa shape index (κ2) is 8.59. The monoisotopic (exact) mass is 460 g/mol. The van der Waals surface area contributed by atoms with E-state index in [1.807, 2.05) is 0 Å². The highest BCUT2D eigenvalue weighted by Crippen LogP contribution is 2.32. The Hall–Kier alpha value is -2.85. The maximum atomic E-state index is 13.3. The Morgan fingerprint density at radius 3 is 2.88 bits per heavy atom. The number of nitrogens with one attached hydrogen (secondary N) is 2. The van der Waals surface area contributed by atoms with Crippen LogP contribution >= 0.6 is 11.3 Å². The van der Waals surface area contributed by atoms with Crippen molar-refractivity contribution in [1.29, 1.82) is 0 Å². The second-order valence-corrected chi connectivity index (χ2v) is 9.12. The number of aromatic nitrogens is 2. The second-order valence-electron chi connectivity index (χ2n) is 8.03. The number of ether oxygens (including phenoxy) is 1. The van der Waals surface area contributed by atoms with Crippen molar-refractivity contribution in [3.63, 3.8) is 0 Å². The quantitative estimate of drug-likeness (QED) is 0.613. The van der Waals surface area contributed by atoms with Gasteiger partial charge in [0.25, 0.3) is 12.3 Å². The molecule has 0 unspecified atom stereocenters. The number of thiazole rings is 1. The minimum absolute atomic E-state index is 0.0414. The lowest BCUT2D eigenvalue weighted by Crippen LogP contribution is -2.35. The van der Waals surface area contributed by atoms with Crippen molar-refractivity contribution in [2.45, 2.75) is 32.2 Å². The van der Waals surface area contributed by atoms with Crippen LogP contribution in [0.3, 0.4) is 0 Å². The first-order valence-corrected chi connectivity index (χ1v) is 11.4. The summed E-state index contributed by atoms with van der Waals surface area (Å²) in [5.74, 6) is -0.351. The van der Waals surface area contributed by atoms with Gasteiger partial charge in [-0.1, -0.05) is 23.5 Å². The van der Waals surface area contributed by atoms with Gasteiger partial charge in [-0.25, -0.2) is 13.8 Å². The van der Waals surface area contributed by atoms with Gasteiger partial charge in [-0.3, -0.25) is 9.59 Å². The fourth-order valence-electron chi connectivity index (χ4n) is 4.24. The molecule has 4 heterocycles. The molecule has 2 aromatic heterocycles. The van der Waals surface area contributed by atoms with Gasteiger partial charge < -0.3 is 19.9 Å². The third-order valence-corrected chi connectivity index (χ3v) is 7.00. The molecule has 0 saturated carbocycles. The SMILES string of the molecule is O=C(Nc1nc2c(s1)CN(C(=O)c1cc3c(C(F)F)cccc3[nH]1)CC2)C1CCOCC1. The van der Waals surface area contributed by atoms with Crippen LogP contribution in [0, 0.1) is 5.92 Å². The Labute approximate surface area is 186 Å². The number of amides is 2. The van der Waals surface area contributed by atoms with E-state index in [1.54, 1.807) is 17.0 Å². The van der Waals surface area contributed by atoms with Crippen molar-refractivity contribution in [2.75, 3.05) is 25.1 Å². The molecule has 7 nitrogen and oxygen atoms in total. The average Bonchev–Trinajstić information content (AvgIpc) is 3.41. The van der Waals surface area contributed by atoms with Crippen molar-refractivity contribution < 1.29 is 23.1 Å². The van der Waals surface area contributed by atoms with Crippen LogP contribution in [0.25, 0.3) is 10.9 Å². The summed E-state index contributed by atoms with van der Waals surface area (Å²) in [4.78, 5) is 35.7. The van der Waals surface area contributed by atoms with E-state index in [1.165, 1.54) is 23.5 Å². The zero-order chi connectivity index (χ0) is 22.2. The number of halogens is 2. The minimum atomic E-state index is -2.61. The summed E-state index contributed by atoms with van der Waals surface area (Å²) in [6.45, 7) is 2.03. The van der Waals surface area contributed by atoms with Gasteiger partial charge in [0, 0.05) is 53.4 Å². The molecule has 2 aliphatic rings. The fourth-order valence-corrected chi connectivity index (χ4v) is 5.27. The zero-order valence-electron chi connectivity index (χ0n) is 17.2. The van der Waals surface area contributed by atoms with Crippen molar-refractivity contribution in [3.05, 3.63) is 46.1 Å². The molecule has 0 spiro atoms. The van der Waals surface area contributed by atoms with Gasteiger partial charge in [-0.2, -0.15) is 0 Å². The summed E-state index contributed by atoms with van der Waals surface area (Å²) in [6.07, 6.45) is -0.622. The number of hydrogen-bond acceptors (Lipinski definition) is 5. The topological polar surface area (TPSA) is 87.3 Å². The van der Waals surface area contributed by atoms with Gasteiger partial charge in [-0.05, 0) is 25.0 Å². The smallest absolute Gasteiger partial charge is 0.270 e. The highest BCUT2D eigenvalue weighted by atomic mass is 32.1. The fraction of sp³-hybridized carbons (Fsp3) is 0.409. The number of carbonyl (C=O) groups excluding carboxylic acids is 2. The summed E-state index contributed by atoms with van der Waals surface area (Å²) < 4.78 is 31.9. The van der Waals surface area contributed by atoms with Crippen LogP contribution in [0.4, 0.5) is 13.9 Å². The highest BCUT2D eigenvalue weighted by molar-refractivity contribution is 7.15. The van der Waals surface area contributed by atoms with Gasteiger partial charge in [0.05, 0.1) is 12.2 Å². The number of anilines is 1. The van der Waals surface area contributed by atoms with Gasteiger partial charge in [0.1, 0.15) is 5.69 Å². The molecule has 168 valence electrons. The summed E-state index contributed by atoms with van der Waals surface area (Å²) in [7, 11) is 0. The first-order chi connectivity index (χ1) is 15.5. The van der Waals surface area contributed by atoms with E-state index in [0.717, 1.165) is 10.6 Å². The van der Waals surface area contributed by atoms with Crippen molar-refractivity contribution in [3.8, 4) is 0 Å². The molecule has 2 N–H and O–H groups in total. The van der Waals surface area contributed by atoms with Crippen molar-refractivity contribution in [2.24, 2.45) is 5.92 Å². The standard InChI is InChI=1S/C22H22F2N4O3S/c23-19(24)13-2-1-3-15-14(13)10-17(25-15)21(30)28-7-4-16-18(11-28)32-22(26-16)27-20(29)12-5-8-31-9-6-12/h1-3,10,12,19,25H,4-9,11H2,(H,26,27,29). The van der Waals surface area contributed by atoms with Gasteiger partial charge in [0.15, 0.2) is 5.13 Å². The van der Waals surface area contributed by atoms with Crippen molar-refractivity contribution in [1.82, 2.24) is 14.9 Å². The molecular formula is C22H22F2N4O3S. The summed E-state index contributed by atoms with van der Waals surface area (Å²) >= 11 is 1.38. The Morgan fingerprint density at radius 1 is 1.28 bits per heavy atom. The molecule has 0 bridgehead atoms. The molecule has 2 amide bonds. The number of rotatable bonds is 4. The lowest BCUT2D eigenvalue weighted by Gasteiger charge is -2.25. The molecule has 1 saturated heterocycles. The molecule has 1 fully saturated rings. The van der Waals surface area contributed by atoms with Crippen LogP contribution < -0.4 is 5.32 Å². The van der Waals surface area contributed by atoms with Crippen molar-refractivity contribution >= 4 is 39.2 Å². The minimum Gasteiger partial charge on any atom is -0.381 e. The van der Waals surface area contributed by atoms with E-state index >= 15 is 0 Å². The van der Waals surface area contributed by atoms with Gasteiger partial charge in [0.2, 0.25) is 5.91 Å². The first kappa shape index (κ1) is 21.0. The van der Waals surface area contributed by atoms with Crippen LogP contribution in [-0.2, 0) is 22.5 Å². The number of benzene rings is 1. The molecule has 32 heavy (non-hydrogen) atoms. The maximum absolute atomic E-state index is 13.3. The number of hydrogen-bond donors (Lipinski definition) is 2. The van der Waals surface area contributed by atoms with Crippen LogP contribution in [0.2, 0.25) is 0 Å². The number of aromatic amines is 1. The molecule has 0 aliphatic carbocycles. The Balaban J connectivity index is 1.30. The summed E-state index contributed by atoms with van der Waals surface area (Å²) in [6, 6.07) is 6.11. The molecule has 0 radical (unpaired) electrons. The number of alkyl halides is 2. The number of fused-ring (bicyclic) bond motifs is 2. The zero-order valence-corrected chi connectivity index (χ0v) is 18.0. The van der Waals surface area contributed by atoms with E-state index in [-0.39, 0.29) is 29.0 Å². The molecule has 10 heteroatoms. The largest absolute Gasteiger partial charge is 0.381 e. The lowest BCUT2D eigenvalue weighted by atomic mass is 10.00. The summed E-state index contributed by atoms with van der Waals surface area (Å²) in [5, 5.41) is 3.82. The van der Waals surface area contributed by atoms with Gasteiger partial charge in [-0.15, -0.1) is 0 Å². The van der Waals surface area contributed by atoms with E-state index in [4.69, 9.17) is 4.74 Å². The van der Waals surface area contributed by atoms with E-state index in [0.29, 0.717) is 61.6 Å². The average molecular weight is 461 g/mol. The Kier molecular flexibility index (Phi) is 5.64. The molecular weight excluding hydrogens is 438 g/mol. The number of nitrogens with zero attached hydrogens (tertiary/aromatic N) is 2. The lowest BCUT2D eigenvalue weighted by molar-refractivity contribution is -0.122. The van der Waals surface area contributed by atoms with Crippen LogP contribution in [-0.4, -0.2) is 46.4 Å². The predicted molar refractivity (Wildman–Crippen MR) is 116 cm³/mol. The molecule has 2 aliphatic heterocycles. The third-order valence-electron chi connectivity index (χ3n) is 6.00. The third kappa shape index (κ3) is 4.00. The molecule has 0 atom stereocenters. The molecule has 1 aromatic carbocycles. The van der Waals surface area contributed by atoms with E-state index < -0.39 is 6.43 Å². The Morgan fingerprint density at radius 2 is 2.09 bits per heavy atom. The predicted octanol–water partition coefficient (Wildman–Crippen LogP) is 4.13. The molecule has 3 aromatic rings. The summed E-state index contributed by atoms with van der Waals surface area (Å²) in [5.41, 5.74) is 1.60. The van der Waals surface area contributed by atoms with E-state index in [9.17, 15) is 18.4 Å². The van der Waals surface area contributed by atoms with E-state index in [2.05, 4.69) is 15.3 Å². The number of H-pyrrole nitrogens is 1. The highest BCUT2D eigenvalue weighted by Gasteiger charge is 2.28. The van der Waals surface area contributed by atoms with Crippen LogP contribution in [0.15, 0.2) is 24.3 Å². The Bertz CT molecular complexity index is 1170. The van der Waals surface area contributed by atoms with Gasteiger partial charge >= 0.3 is 0 Å². The number of carbonyl (C=O) groups is 2. The van der Waals surface area contributed by atoms with Crippen LogP contribution in [0.5, 0.6) is 0 Å². The maximum Gasteiger partial charge on any atom is 0.270 e. The first-order valence-electron chi connectivity index (χ1n) is 10.6. The normalized spacial score (nSPS) is 17.0.